The van der Waals surface area contributed by atoms with E-state index in [1.807, 2.05) is 0 Å². The molecule has 0 aromatic rings. The van der Waals surface area contributed by atoms with E-state index in [0.29, 0.717) is 18.3 Å². The number of ether oxygens (including phenoxy) is 2. The van der Waals surface area contributed by atoms with E-state index in [-0.39, 0.29) is 12.7 Å². The van der Waals surface area contributed by atoms with Gasteiger partial charge in [-0.2, -0.15) is 0 Å². The van der Waals surface area contributed by atoms with Crippen LogP contribution in [0.2, 0.25) is 0 Å². The maximum absolute atomic E-state index is 10.7. The lowest BCUT2D eigenvalue weighted by Crippen LogP contribution is -2.24. The molecule has 0 fully saturated rings. The molecule has 0 aliphatic rings. The summed E-state index contributed by atoms with van der Waals surface area (Å²) in [6, 6.07) is 0. The van der Waals surface area contributed by atoms with Crippen molar-refractivity contribution in [1.82, 2.24) is 0 Å². The molecule has 0 spiro atoms. The molecular formula is C22H44O4. The van der Waals surface area contributed by atoms with Crippen LogP contribution >= 0.6 is 0 Å². The molecule has 0 bridgehead atoms. The summed E-state index contributed by atoms with van der Waals surface area (Å²) in [6.07, 6.45) is 11.9. The standard InChI is InChI=1S/C22H44O4/c1-5-11-19(12-6-2)17-25-22(16-10-9-15-21(23)24)26-18-20(13-7-3)14-8-4/h19-20,22H,5-18H2,1-4H3,(H,23,24). The van der Waals surface area contributed by atoms with E-state index in [4.69, 9.17) is 14.6 Å². The maximum atomic E-state index is 10.7. The summed E-state index contributed by atoms with van der Waals surface area (Å²) >= 11 is 0. The smallest absolute Gasteiger partial charge is 0.303 e. The lowest BCUT2D eigenvalue weighted by molar-refractivity contribution is -0.163. The van der Waals surface area contributed by atoms with Crippen LogP contribution in [-0.4, -0.2) is 30.6 Å². The third kappa shape index (κ3) is 14.5. The molecule has 0 heterocycles. The molecule has 0 aromatic carbocycles. The summed E-state index contributed by atoms with van der Waals surface area (Å²) in [4.78, 5) is 10.7. The van der Waals surface area contributed by atoms with Gasteiger partial charge in [0.05, 0.1) is 13.2 Å². The minimum atomic E-state index is -0.722. The van der Waals surface area contributed by atoms with Crippen molar-refractivity contribution in [2.45, 2.75) is 111 Å². The summed E-state index contributed by atoms with van der Waals surface area (Å²) in [6.45, 7) is 10.4. The third-order valence-corrected chi connectivity index (χ3v) is 4.90. The van der Waals surface area contributed by atoms with Gasteiger partial charge in [0.15, 0.2) is 6.29 Å². The number of hydrogen-bond acceptors (Lipinski definition) is 3. The fourth-order valence-corrected chi connectivity index (χ4v) is 3.54. The van der Waals surface area contributed by atoms with Crippen molar-refractivity contribution >= 4 is 5.97 Å². The highest BCUT2D eigenvalue weighted by atomic mass is 16.7. The zero-order valence-corrected chi connectivity index (χ0v) is 17.8. The number of aliphatic carboxylic acids is 1. The third-order valence-electron chi connectivity index (χ3n) is 4.90. The predicted octanol–water partition coefficient (Wildman–Crippen LogP) is 6.42. The second-order valence-corrected chi connectivity index (χ2v) is 7.62. The van der Waals surface area contributed by atoms with Crippen LogP contribution in [0.25, 0.3) is 0 Å². The molecule has 0 aliphatic heterocycles. The SMILES string of the molecule is CCCC(CCC)COC(CCCCC(=O)O)OCC(CCC)CCC. The number of carbonyl (C=O) groups is 1. The molecule has 0 radical (unpaired) electrons. The van der Waals surface area contributed by atoms with Crippen molar-refractivity contribution in [2.75, 3.05) is 13.2 Å². The van der Waals surface area contributed by atoms with Gasteiger partial charge in [0.25, 0.3) is 0 Å². The molecule has 4 nitrogen and oxygen atoms in total. The van der Waals surface area contributed by atoms with Gasteiger partial charge in [0.2, 0.25) is 0 Å². The number of carboxylic acids is 1. The first-order valence-corrected chi connectivity index (χ1v) is 11.0. The van der Waals surface area contributed by atoms with Crippen molar-refractivity contribution in [1.29, 1.82) is 0 Å². The van der Waals surface area contributed by atoms with Crippen LogP contribution in [0.4, 0.5) is 0 Å². The Balaban J connectivity index is 4.47. The number of carboxylic acid groups (broad SMARTS) is 1. The van der Waals surface area contributed by atoms with Gasteiger partial charge in [-0.3, -0.25) is 4.79 Å². The van der Waals surface area contributed by atoms with Crippen molar-refractivity contribution in [3.63, 3.8) is 0 Å². The van der Waals surface area contributed by atoms with Gasteiger partial charge in [0.1, 0.15) is 0 Å². The molecule has 0 saturated carbocycles. The predicted molar refractivity (Wildman–Crippen MR) is 108 cm³/mol. The molecule has 0 saturated heterocycles. The Hall–Kier alpha value is -0.610. The van der Waals surface area contributed by atoms with Gasteiger partial charge in [-0.15, -0.1) is 0 Å². The Morgan fingerprint density at radius 2 is 1.15 bits per heavy atom. The van der Waals surface area contributed by atoms with E-state index >= 15 is 0 Å². The van der Waals surface area contributed by atoms with Crippen LogP contribution in [0.15, 0.2) is 0 Å². The number of rotatable bonds is 19. The second kappa shape index (κ2) is 17.8. The van der Waals surface area contributed by atoms with E-state index in [0.717, 1.165) is 26.1 Å². The van der Waals surface area contributed by atoms with E-state index < -0.39 is 5.97 Å². The van der Waals surface area contributed by atoms with Gasteiger partial charge in [0, 0.05) is 6.42 Å². The average molecular weight is 373 g/mol. The molecular weight excluding hydrogens is 328 g/mol. The molecule has 0 aromatic heterocycles. The summed E-state index contributed by atoms with van der Waals surface area (Å²) in [5.74, 6) is 0.495. The van der Waals surface area contributed by atoms with E-state index in [1.165, 1.54) is 51.4 Å². The highest BCUT2D eigenvalue weighted by Gasteiger charge is 2.16. The Morgan fingerprint density at radius 1 is 0.731 bits per heavy atom. The normalized spacial score (nSPS) is 11.8. The second-order valence-electron chi connectivity index (χ2n) is 7.62. The quantitative estimate of drug-likeness (QED) is 0.210. The molecule has 0 unspecified atom stereocenters. The van der Waals surface area contributed by atoms with Crippen LogP contribution in [0.5, 0.6) is 0 Å². The summed E-state index contributed by atoms with van der Waals surface area (Å²) in [7, 11) is 0. The molecule has 156 valence electrons. The minimum Gasteiger partial charge on any atom is -0.481 e. The van der Waals surface area contributed by atoms with E-state index in [9.17, 15) is 4.79 Å². The van der Waals surface area contributed by atoms with Gasteiger partial charge < -0.3 is 14.6 Å². The minimum absolute atomic E-state index is 0.184. The first kappa shape index (κ1) is 25.4. The molecule has 0 amide bonds. The van der Waals surface area contributed by atoms with Crippen LogP contribution in [0.3, 0.4) is 0 Å². The van der Waals surface area contributed by atoms with Crippen molar-refractivity contribution in [2.24, 2.45) is 11.8 Å². The van der Waals surface area contributed by atoms with Gasteiger partial charge in [-0.25, -0.2) is 0 Å². The van der Waals surface area contributed by atoms with Crippen LogP contribution < -0.4 is 0 Å². The molecule has 0 rings (SSSR count). The van der Waals surface area contributed by atoms with Crippen molar-refractivity contribution in [3.8, 4) is 0 Å². The van der Waals surface area contributed by atoms with Gasteiger partial charge >= 0.3 is 5.97 Å². The van der Waals surface area contributed by atoms with Crippen LogP contribution in [0, 0.1) is 11.8 Å². The summed E-state index contributed by atoms with van der Waals surface area (Å²) in [5, 5.41) is 8.80. The average Bonchev–Trinajstić information content (AvgIpc) is 2.60. The summed E-state index contributed by atoms with van der Waals surface area (Å²) < 4.78 is 12.3. The largest absolute Gasteiger partial charge is 0.481 e. The Morgan fingerprint density at radius 3 is 1.50 bits per heavy atom. The Bertz CT molecular complexity index is 287. The first-order valence-electron chi connectivity index (χ1n) is 11.0. The molecule has 1 N–H and O–H groups in total. The van der Waals surface area contributed by atoms with Gasteiger partial charge in [-0.1, -0.05) is 53.4 Å². The van der Waals surface area contributed by atoms with E-state index in [2.05, 4.69) is 27.7 Å². The maximum Gasteiger partial charge on any atom is 0.303 e. The van der Waals surface area contributed by atoms with Crippen molar-refractivity contribution in [3.05, 3.63) is 0 Å². The zero-order valence-electron chi connectivity index (χ0n) is 17.8. The molecule has 0 atom stereocenters. The lowest BCUT2D eigenvalue weighted by atomic mass is 9.99. The Labute approximate surface area is 162 Å². The highest BCUT2D eigenvalue weighted by Crippen LogP contribution is 2.19. The highest BCUT2D eigenvalue weighted by molar-refractivity contribution is 5.66. The molecule has 26 heavy (non-hydrogen) atoms. The van der Waals surface area contributed by atoms with Crippen LogP contribution in [-0.2, 0) is 14.3 Å². The topological polar surface area (TPSA) is 55.8 Å². The molecule has 4 heteroatoms. The summed E-state index contributed by atoms with van der Waals surface area (Å²) in [5.41, 5.74) is 0. The van der Waals surface area contributed by atoms with Gasteiger partial charge in [-0.05, 0) is 56.8 Å². The van der Waals surface area contributed by atoms with E-state index in [1.54, 1.807) is 0 Å². The fourth-order valence-electron chi connectivity index (χ4n) is 3.54. The number of hydrogen-bond donors (Lipinski definition) is 1. The number of unbranched alkanes of at least 4 members (excludes halogenated alkanes) is 1. The first-order chi connectivity index (χ1) is 12.6. The fraction of sp³-hybridized carbons (Fsp3) is 0.955. The van der Waals surface area contributed by atoms with Crippen molar-refractivity contribution < 1.29 is 19.4 Å². The lowest BCUT2D eigenvalue weighted by Gasteiger charge is -2.25. The monoisotopic (exact) mass is 372 g/mol. The molecule has 0 aliphatic carbocycles. The van der Waals surface area contributed by atoms with Crippen LogP contribution in [0.1, 0.15) is 105 Å². The Kier molecular flexibility index (Phi) is 17.4. The zero-order chi connectivity index (χ0) is 19.6.